The quantitative estimate of drug-likeness (QED) is 0.857. The van der Waals surface area contributed by atoms with E-state index in [-0.39, 0.29) is 6.04 Å². The zero-order valence-corrected chi connectivity index (χ0v) is 15.3. The number of nitrogens with zero attached hydrogens (tertiary/aromatic N) is 1. The van der Waals surface area contributed by atoms with E-state index >= 15 is 0 Å². The average molecular weight is 380 g/mol. The topological polar surface area (TPSA) is 33.7 Å². The van der Waals surface area contributed by atoms with Crippen LogP contribution in [0.1, 0.15) is 22.7 Å². The van der Waals surface area contributed by atoms with Gasteiger partial charge in [-0.25, -0.2) is 0 Å². The van der Waals surface area contributed by atoms with Gasteiger partial charge in [-0.1, -0.05) is 12.1 Å². The van der Waals surface area contributed by atoms with Crippen LogP contribution >= 0.6 is 0 Å². The van der Waals surface area contributed by atoms with Crippen molar-refractivity contribution in [2.24, 2.45) is 0 Å². The first-order chi connectivity index (χ1) is 12.9. The van der Waals surface area contributed by atoms with Gasteiger partial charge in [0.2, 0.25) is 0 Å². The Bertz CT molecular complexity index is 757. The summed E-state index contributed by atoms with van der Waals surface area (Å²) in [5, 5.41) is 3.31. The van der Waals surface area contributed by atoms with Gasteiger partial charge in [-0.05, 0) is 35.9 Å². The van der Waals surface area contributed by atoms with Crippen molar-refractivity contribution in [3.05, 3.63) is 59.2 Å². The van der Waals surface area contributed by atoms with Gasteiger partial charge in [0.05, 0.1) is 25.8 Å². The third-order valence-electron chi connectivity index (χ3n) is 4.80. The first-order valence-corrected chi connectivity index (χ1v) is 8.78. The fourth-order valence-electron chi connectivity index (χ4n) is 3.43. The molecule has 1 fully saturated rings. The van der Waals surface area contributed by atoms with Gasteiger partial charge >= 0.3 is 6.18 Å². The zero-order chi connectivity index (χ0) is 19.4. The molecular weight excluding hydrogens is 357 g/mol. The number of rotatable bonds is 5. The molecule has 1 aliphatic heterocycles. The number of nitrogens with one attached hydrogen (secondary N) is 1. The molecule has 0 radical (unpaired) electrons. The van der Waals surface area contributed by atoms with Crippen molar-refractivity contribution >= 4 is 0 Å². The predicted molar refractivity (Wildman–Crippen MR) is 97.3 cm³/mol. The van der Waals surface area contributed by atoms with Crippen LogP contribution in [0.2, 0.25) is 0 Å². The van der Waals surface area contributed by atoms with E-state index in [1.165, 1.54) is 0 Å². The summed E-state index contributed by atoms with van der Waals surface area (Å²) in [4.78, 5) is 2.25. The Morgan fingerprint density at radius 1 is 0.963 bits per heavy atom. The number of ether oxygens (including phenoxy) is 2. The smallest absolute Gasteiger partial charge is 0.416 e. The summed E-state index contributed by atoms with van der Waals surface area (Å²) in [6, 6.07) is 10.7. The van der Waals surface area contributed by atoms with Gasteiger partial charge in [0.25, 0.3) is 0 Å². The van der Waals surface area contributed by atoms with Crippen molar-refractivity contribution in [2.45, 2.75) is 12.2 Å². The molecule has 0 aliphatic carbocycles. The molecular formula is C20H23F3N2O2. The number of benzene rings is 2. The minimum atomic E-state index is -4.35. The van der Waals surface area contributed by atoms with Gasteiger partial charge in [0.1, 0.15) is 11.5 Å². The summed E-state index contributed by atoms with van der Waals surface area (Å²) in [5.74, 6) is 1.36. The van der Waals surface area contributed by atoms with Crippen molar-refractivity contribution in [3.8, 4) is 11.5 Å². The molecule has 7 heteroatoms. The van der Waals surface area contributed by atoms with Crippen molar-refractivity contribution in [2.75, 3.05) is 40.4 Å². The minimum absolute atomic E-state index is 0.223. The fraction of sp³-hybridized carbons (Fsp3) is 0.400. The Morgan fingerprint density at radius 3 is 2.19 bits per heavy atom. The van der Waals surface area contributed by atoms with Crippen LogP contribution in [0, 0.1) is 0 Å². The summed E-state index contributed by atoms with van der Waals surface area (Å²) in [6.07, 6.45) is -4.35. The van der Waals surface area contributed by atoms with Crippen molar-refractivity contribution in [1.29, 1.82) is 0 Å². The monoisotopic (exact) mass is 380 g/mol. The highest BCUT2D eigenvalue weighted by Gasteiger charge is 2.32. The molecule has 2 aromatic carbocycles. The zero-order valence-electron chi connectivity index (χ0n) is 15.3. The van der Waals surface area contributed by atoms with Crippen LogP contribution in [0.4, 0.5) is 13.2 Å². The number of methoxy groups -OCH3 is 2. The summed E-state index contributed by atoms with van der Waals surface area (Å²) < 4.78 is 49.8. The van der Waals surface area contributed by atoms with Crippen LogP contribution in [0.25, 0.3) is 0 Å². The Balaban J connectivity index is 2.07. The maximum absolute atomic E-state index is 13.0. The molecule has 0 aromatic heterocycles. The number of hydrogen-bond acceptors (Lipinski definition) is 4. The lowest BCUT2D eigenvalue weighted by molar-refractivity contribution is -0.137. The summed E-state index contributed by atoms with van der Waals surface area (Å²) in [6.45, 7) is 3.21. The van der Waals surface area contributed by atoms with Gasteiger partial charge in [0, 0.05) is 31.7 Å². The minimum Gasteiger partial charge on any atom is -0.497 e. The van der Waals surface area contributed by atoms with E-state index in [2.05, 4.69) is 10.2 Å². The SMILES string of the molecule is COc1ccc(OC)c(C(c2ccc(C(F)(F)F)cc2)N2CCNCC2)c1. The summed E-state index contributed by atoms with van der Waals surface area (Å²) in [7, 11) is 3.18. The van der Waals surface area contributed by atoms with Crippen molar-refractivity contribution < 1.29 is 22.6 Å². The lowest BCUT2D eigenvalue weighted by Gasteiger charge is -2.36. The van der Waals surface area contributed by atoms with Crippen LogP contribution in [0.5, 0.6) is 11.5 Å². The highest BCUT2D eigenvalue weighted by atomic mass is 19.4. The number of hydrogen-bond donors (Lipinski definition) is 1. The van der Waals surface area contributed by atoms with Crippen LogP contribution in [0.15, 0.2) is 42.5 Å². The molecule has 0 saturated carbocycles. The van der Waals surface area contributed by atoms with Crippen LogP contribution in [-0.2, 0) is 6.18 Å². The first kappa shape index (κ1) is 19.5. The molecule has 3 rings (SSSR count). The molecule has 2 aromatic rings. The second-order valence-electron chi connectivity index (χ2n) is 6.42. The number of halogens is 3. The van der Waals surface area contributed by atoms with Crippen LogP contribution in [0.3, 0.4) is 0 Å². The average Bonchev–Trinajstić information content (AvgIpc) is 2.68. The van der Waals surface area contributed by atoms with Gasteiger partial charge in [0.15, 0.2) is 0 Å². The molecule has 1 N–H and O–H groups in total. The van der Waals surface area contributed by atoms with Crippen molar-refractivity contribution in [1.82, 2.24) is 10.2 Å². The van der Waals surface area contributed by atoms with E-state index in [0.29, 0.717) is 11.5 Å². The second-order valence-corrected chi connectivity index (χ2v) is 6.42. The normalized spacial score (nSPS) is 16.8. The van der Waals surface area contributed by atoms with E-state index in [1.54, 1.807) is 26.4 Å². The molecule has 1 aliphatic rings. The molecule has 1 atom stereocenters. The maximum atomic E-state index is 13.0. The standard InChI is InChI=1S/C20H23F3N2O2/c1-26-16-7-8-18(27-2)17(13-16)19(25-11-9-24-10-12-25)14-3-5-15(6-4-14)20(21,22)23/h3-8,13,19,24H,9-12H2,1-2H3. The van der Waals surface area contributed by atoms with E-state index < -0.39 is 11.7 Å². The van der Waals surface area contributed by atoms with E-state index in [9.17, 15) is 13.2 Å². The van der Waals surface area contributed by atoms with Crippen molar-refractivity contribution in [3.63, 3.8) is 0 Å². The van der Waals surface area contributed by atoms with Gasteiger partial charge in [-0.15, -0.1) is 0 Å². The lowest BCUT2D eigenvalue weighted by atomic mass is 9.94. The number of alkyl halides is 3. The molecule has 1 heterocycles. The molecule has 0 spiro atoms. The molecule has 27 heavy (non-hydrogen) atoms. The van der Waals surface area contributed by atoms with Gasteiger partial charge in [-0.3, -0.25) is 4.90 Å². The van der Waals surface area contributed by atoms with E-state index in [4.69, 9.17) is 9.47 Å². The third-order valence-corrected chi connectivity index (χ3v) is 4.80. The third kappa shape index (κ3) is 4.36. The lowest BCUT2D eigenvalue weighted by Crippen LogP contribution is -2.45. The number of piperazine rings is 1. The first-order valence-electron chi connectivity index (χ1n) is 8.78. The highest BCUT2D eigenvalue weighted by Crippen LogP contribution is 2.38. The predicted octanol–water partition coefficient (Wildman–Crippen LogP) is 3.72. The fourth-order valence-corrected chi connectivity index (χ4v) is 3.43. The van der Waals surface area contributed by atoms with Crippen LogP contribution in [-0.4, -0.2) is 45.3 Å². The van der Waals surface area contributed by atoms with Crippen LogP contribution < -0.4 is 14.8 Å². The Kier molecular flexibility index (Phi) is 5.92. The Labute approximate surface area is 156 Å². The maximum Gasteiger partial charge on any atom is 0.416 e. The summed E-state index contributed by atoms with van der Waals surface area (Å²) >= 11 is 0. The molecule has 0 bridgehead atoms. The Hall–Kier alpha value is -2.25. The van der Waals surface area contributed by atoms with E-state index in [0.717, 1.165) is 49.4 Å². The molecule has 1 unspecified atom stereocenters. The Morgan fingerprint density at radius 2 is 1.63 bits per heavy atom. The molecule has 146 valence electrons. The molecule has 1 saturated heterocycles. The molecule has 4 nitrogen and oxygen atoms in total. The van der Waals surface area contributed by atoms with E-state index in [1.807, 2.05) is 18.2 Å². The highest BCUT2D eigenvalue weighted by molar-refractivity contribution is 5.46. The second kappa shape index (κ2) is 8.19. The largest absolute Gasteiger partial charge is 0.497 e. The van der Waals surface area contributed by atoms with Gasteiger partial charge in [-0.2, -0.15) is 13.2 Å². The summed E-state index contributed by atoms with van der Waals surface area (Å²) in [5.41, 5.74) is 1.01. The van der Waals surface area contributed by atoms with Gasteiger partial charge < -0.3 is 14.8 Å². The molecule has 0 amide bonds.